The minimum absolute atomic E-state index is 0.0343. The van der Waals surface area contributed by atoms with Crippen LogP contribution in [0.25, 0.3) is 0 Å². The Bertz CT molecular complexity index is 1320. The van der Waals surface area contributed by atoms with E-state index in [2.05, 4.69) is 0 Å². The van der Waals surface area contributed by atoms with Gasteiger partial charge in [-0.15, -0.1) is 11.3 Å². The van der Waals surface area contributed by atoms with E-state index in [1.165, 1.54) is 30.6 Å². The minimum atomic E-state index is -0.389. The maximum Gasteiger partial charge on any atom is 0.307 e. The van der Waals surface area contributed by atoms with Crippen LogP contribution >= 0.6 is 11.3 Å². The van der Waals surface area contributed by atoms with Crippen LogP contribution in [0.2, 0.25) is 0 Å². The quantitative estimate of drug-likeness (QED) is 0.433. The van der Waals surface area contributed by atoms with Crippen molar-refractivity contribution in [2.75, 3.05) is 26.7 Å². The number of carbonyl (C=O) groups is 3. The second kappa shape index (κ2) is 11.4. The summed E-state index contributed by atoms with van der Waals surface area (Å²) in [6, 6.07) is 13.6. The van der Waals surface area contributed by atoms with Gasteiger partial charge >= 0.3 is 5.97 Å². The van der Waals surface area contributed by atoms with Gasteiger partial charge in [0, 0.05) is 30.9 Å². The average molecular weight is 536 g/mol. The monoisotopic (exact) mass is 535 g/mol. The molecule has 2 aromatic carbocycles. The van der Waals surface area contributed by atoms with E-state index in [9.17, 15) is 18.8 Å². The van der Waals surface area contributed by atoms with Crippen LogP contribution in [0.15, 0.2) is 53.9 Å². The van der Waals surface area contributed by atoms with Gasteiger partial charge < -0.3 is 14.5 Å². The molecule has 2 aliphatic rings. The van der Waals surface area contributed by atoms with Crippen LogP contribution in [0.5, 0.6) is 0 Å². The molecule has 7 nitrogen and oxygen atoms in total. The van der Waals surface area contributed by atoms with Gasteiger partial charge in [-0.1, -0.05) is 36.4 Å². The molecule has 2 amide bonds. The number of fused-ring (bicyclic) bond motifs is 1. The number of hydrogen-bond acceptors (Lipinski definition) is 6. The number of rotatable bonds is 6. The molecule has 0 radical (unpaired) electrons. The van der Waals surface area contributed by atoms with Crippen molar-refractivity contribution in [2.45, 2.75) is 44.1 Å². The molecule has 2 aliphatic heterocycles. The standard InChI is InChI=1S/C29H30FN3O4S/c1-37-27(35)17-25-23-5-3-2-4-20(23)12-15-33(25)29(36)24-18-38-28(31-24)21-10-13-32(14-11-21)26(34)16-19-6-8-22(30)9-7-19/h2-9,18,21,25H,10-17H2,1H3. The Labute approximate surface area is 225 Å². The second-order valence-electron chi connectivity index (χ2n) is 9.77. The fraction of sp³-hybridized carbons (Fsp3) is 0.379. The first-order valence-electron chi connectivity index (χ1n) is 12.9. The summed E-state index contributed by atoms with van der Waals surface area (Å²) in [5, 5.41) is 2.71. The molecule has 0 N–H and O–H groups in total. The van der Waals surface area contributed by atoms with Gasteiger partial charge in [-0.05, 0) is 48.1 Å². The molecule has 5 rings (SSSR count). The summed E-state index contributed by atoms with van der Waals surface area (Å²) in [4.78, 5) is 46.8. The largest absolute Gasteiger partial charge is 0.469 e. The van der Waals surface area contributed by atoms with E-state index in [0.29, 0.717) is 25.3 Å². The van der Waals surface area contributed by atoms with E-state index in [1.807, 2.05) is 29.2 Å². The van der Waals surface area contributed by atoms with Crippen molar-refractivity contribution in [3.8, 4) is 0 Å². The number of hydrogen-bond donors (Lipinski definition) is 0. The lowest BCUT2D eigenvalue weighted by Gasteiger charge is -2.36. The fourth-order valence-electron chi connectivity index (χ4n) is 5.34. The van der Waals surface area contributed by atoms with Crippen molar-refractivity contribution in [1.29, 1.82) is 0 Å². The van der Waals surface area contributed by atoms with Gasteiger partial charge in [-0.3, -0.25) is 14.4 Å². The molecule has 0 aliphatic carbocycles. The molecule has 1 fully saturated rings. The molecule has 1 saturated heterocycles. The van der Waals surface area contributed by atoms with Crippen molar-refractivity contribution >= 4 is 29.1 Å². The molecule has 0 saturated carbocycles. The van der Waals surface area contributed by atoms with E-state index < -0.39 is 0 Å². The molecule has 1 atom stereocenters. The van der Waals surface area contributed by atoms with E-state index in [0.717, 1.165) is 41.0 Å². The number of methoxy groups -OCH3 is 1. The zero-order chi connectivity index (χ0) is 26.6. The topological polar surface area (TPSA) is 79.8 Å². The van der Waals surface area contributed by atoms with Gasteiger partial charge in [0.25, 0.3) is 5.91 Å². The Morgan fingerprint density at radius 3 is 2.53 bits per heavy atom. The minimum Gasteiger partial charge on any atom is -0.469 e. The Morgan fingerprint density at radius 2 is 1.79 bits per heavy atom. The van der Waals surface area contributed by atoms with Crippen LogP contribution < -0.4 is 0 Å². The zero-order valence-electron chi connectivity index (χ0n) is 21.3. The second-order valence-corrected chi connectivity index (χ2v) is 10.7. The lowest BCUT2D eigenvalue weighted by molar-refractivity contribution is -0.142. The molecule has 3 aromatic rings. The highest BCUT2D eigenvalue weighted by Gasteiger charge is 2.34. The summed E-state index contributed by atoms with van der Waals surface area (Å²) in [6.07, 6.45) is 2.63. The summed E-state index contributed by atoms with van der Waals surface area (Å²) in [7, 11) is 1.36. The van der Waals surface area contributed by atoms with Gasteiger partial charge in [0.05, 0.1) is 31.0 Å². The Balaban J connectivity index is 1.23. The molecule has 198 valence electrons. The molecule has 0 spiro atoms. The van der Waals surface area contributed by atoms with Crippen molar-refractivity contribution < 1.29 is 23.5 Å². The zero-order valence-corrected chi connectivity index (χ0v) is 22.1. The lowest BCUT2D eigenvalue weighted by Crippen LogP contribution is -2.41. The summed E-state index contributed by atoms with van der Waals surface area (Å²) >= 11 is 1.48. The van der Waals surface area contributed by atoms with Crippen LogP contribution in [-0.2, 0) is 27.2 Å². The molecule has 1 aromatic heterocycles. The molecule has 38 heavy (non-hydrogen) atoms. The number of halogens is 1. The van der Waals surface area contributed by atoms with E-state index in [-0.39, 0.29) is 48.4 Å². The fourth-order valence-corrected chi connectivity index (χ4v) is 6.31. The lowest BCUT2D eigenvalue weighted by atomic mass is 9.90. The normalized spacial score (nSPS) is 17.7. The molecule has 0 bridgehead atoms. The third kappa shape index (κ3) is 5.62. The number of esters is 1. The molecule has 1 unspecified atom stereocenters. The number of thiazole rings is 1. The molecule has 3 heterocycles. The average Bonchev–Trinajstić information content (AvgIpc) is 3.44. The van der Waals surface area contributed by atoms with Crippen molar-refractivity contribution in [3.05, 3.63) is 87.1 Å². The van der Waals surface area contributed by atoms with E-state index >= 15 is 0 Å². The van der Waals surface area contributed by atoms with Crippen molar-refractivity contribution in [2.24, 2.45) is 0 Å². The van der Waals surface area contributed by atoms with Crippen molar-refractivity contribution in [1.82, 2.24) is 14.8 Å². The Kier molecular flexibility index (Phi) is 7.83. The smallest absolute Gasteiger partial charge is 0.307 e. The molecule has 9 heteroatoms. The SMILES string of the molecule is COC(=O)CC1c2ccccc2CCN1C(=O)c1csc(C2CCN(C(=O)Cc3ccc(F)cc3)CC2)n1. The Morgan fingerprint density at radius 1 is 1.05 bits per heavy atom. The van der Waals surface area contributed by atoms with Crippen LogP contribution in [0.1, 0.15) is 63.4 Å². The Hall–Kier alpha value is -3.59. The highest BCUT2D eigenvalue weighted by atomic mass is 32.1. The van der Waals surface area contributed by atoms with Gasteiger partial charge in [-0.2, -0.15) is 0 Å². The number of amides is 2. The number of benzene rings is 2. The summed E-state index contributed by atoms with van der Waals surface area (Å²) in [5.41, 5.74) is 3.32. The highest BCUT2D eigenvalue weighted by molar-refractivity contribution is 7.09. The first-order chi connectivity index (χ1) is 18.4. The molecular formula is C29H30FN3O4S. The van der Waals surface area contributed by atoms with Crippen LogP contribution in [-0.4, -0.2) is 59.3 Å². The summed E-state index contributed by atoms with van der Waals surface area (Å²) in [6.45, 7) is 1.76. The van der Waals surface area contributed by atoms with Gasteiger partial charge in [0.15, 0.2) is 0 Å². The summed E-state index contributed by atoms with van der Waals surface area (Å²) in [5.74, 6) is -0.629. The highest BCUT2D eigenvalue weighted by Crippen LogP contribution is 2.35. The van der Waals surface area contributed by atoms with Gasteiger partial charge in [0.2, 0.25) is 5.91 Å². The van der Waals surface area contributed by atoms with Crippen LogP contribution in [0.3, 0.4) is 0 Å². The third-order valence-corrected chi connectivity index (χ3v) is 8.47. The van der Waals surface area contributed by atoms with Crippen LogP contribution in [0, 0.1) is 5.82 Å². The maximum atomic E-state index is 13.6. The first kappa shape index (κ1) is 26.0. The van der Waals surface area contributed by atoms with Gasteiger partial charge in [-0.25, -0.2) is 9.37 Å². The first-order valence-corrected chi connectivity index (χ1v) is 13.7. The third-order valence-electron chi connectivity index (χ3n) is 7.47. The number of carbonyl (C=O) groups excluding carboxylic acids is 3. The number of ether oxygens (including phenoxy) is 1. The number of likely N-dealkylation sites (tertiary alicyclic amines) is 1. The van der Waals surface area contributed by atoms with E-state index in [1.54, 1.807) is 22.4 Å². The maximum absolute atomic E-state index is 13.6. The summed E-state index contributed by atoms with van der Waals surface area (Å²) < 4.78 is 18.1. The number of nitrogens with zero attached hydrogens (tertiary/aromatic N) is 3. The number of piperidine rings is 1. The molecular weight excluding hydrogens is 505 g/mol. The number of aromatic nitrogens is 1. The predicted octanol–water partition coefficient (Wildman–Crippen LogP) is 4.53. The predicted molar refractivity (Wildman–Crippen MR) is 141 cm³/mol. The van der Waals surface area contributed by atoms with E-state index in [4.69, 9.17) is 9.72 Å². The van der Waals surface area contributed by atoms with Crippen molar-refractivity contribution in [3.63, 3.8) is 0 Å². The van der Waals surface area contributed by atoms with Gasteiger partial charge in [0.1, 0.15) is 11.5 Å². The van der Waals surface area contributed by atoms with Crippen LogP contribution in [0.4, 0.5) is 4.39 Å².